The zero-order chi connectivity index (χ0) is 16.8. The third-order valence-corrected chi connectivity index (χ3v) is 3.75. The largest absolute Gasteiger partial charge is 0.494 e. The van der Waals surface area contributed by atoms with Crippen molar-refractivity contribution < 1.29 is 4.74 Å². The fourth-order valence-corrected chi connectivity index (χ4v) is 2.39. The first-order valence-corrected chi connectivity index (χ1v) is 8.37. The van der Waals surface area contributed by atoms with Crippen LogP contribution in [0.4, 0.5) is 23.0 Å². The molecule has 5 nitrogen and oxygen atoms in total. The van der Waals surface area contributed by atoms with E-state index in [1.807, 2.05) is 61.5 Å². The molecular weight excluding hydrogens is 368 g/mol. The van der Waals surface area contributed by atoms with E-state index in [4.69, 9.17) is 4.74 Å². The quantitative estimate of drug-likeness (QED) is 0.617. The van der Waals surface area contributed by atoms with Gasteiger partial charge in [0.25, 0.3) is 0 Å². The predicted octanol–water partition coefficient (Wildman–Crippen LogP) is 5.13. The lowest BCUT2D eigenvalue weighted by Crippen LogP contribution is -1.98. The average molecular weight is 385 g/mol. The Morgan fingerprint density at radius 2 is 1.42 bits per heavy atom. The van der Waals surface area contributed by atoms with Crippen LogP contribution in [0.2, 0.25) is 0 Å². The smallest absolute Gasteiger partial charge is 0.135 e. The molecule has 3 aromatic rings. The summed E-state index contributed by atoms with van der Waals surface area (Å²) < 4.78 is 6.47. The van der Waals surface area contributed by atoms with E-state index in [1.165, 1.54) is 6.33 Å². The van der Waals surface area contributed by atoms with Crippen molar-refractivity contribution in [3.05, 3.63) is 65.4 Å². The van der Waals surface area contributed by atoms with E-state index >= 15 is 0 Å². The Labute approximate surface area is 149 Å². The summed E-state index contributed by atoms with van der Waals surface area (Å²) in [6.45, 7) is 2.62. The van der Waals surface area contributed by atoms with Crippen molar-refractivity contribution in [2.24, 2.45) is 0 Å². The molecule has 0 atom stereocenters. The zero-order valence-electron chi connectivity index (χ0n) is 13.2. The fraction of sp³-hybridized carbons (Fsp3) is 0.111. The van der Waals surface area contributed by atoms with Gasteiger partial charge < -0.3 is 15.4 Å². The number of anilines is 4. The second-order valence-electron chi connectivity index (χ2n) is 5.00. The van der Waals surface area contributed by atoms with Gasteiger partial charge in [0.05, 0.1) is 6.61 Å². The minimum Gasteiger partial charge on any atom is -0.494 e. The van der Waals surface area contributed by atoms with Crippen LogP contribution in [0.25, 0.3) is 0 Å². The summed E-state index contributed by atoms with van der Waals surface area (Å²) >= 11 is 3.42. The van der Waals surface area contributed by atoms with Crippen molar-refractivity contribution in [2.75, 3.05) is 17.2 Å². The number of halogens is 1. The number of nitrogens with one attached hydrogen (secondary N) is 2. The second kappa shape index (κ2) is 7.79. The van der Waals surface area contributed by atoms with Gasteiger partial charge in [0.1, 0.15) is 23.7 Å². The summed E-state index contributed by atoms with van der Waals surface area (Å²) in [5, 5.41) is 6.51. The molecule has 0 amide bonds. The number of benzene rings is 2. The van der Waals surface area contributed by atoms with Crippen LogP contribution in [0.15, 0.2) is 65.4 Å². The van der Waals surface area contributed by atoms with Crippen LogP contribution in [-0.2, 0) is 0 Å². The van der Waals surface area contributed by atoms with Crippen molar-refractivity contribution in [1.82, 2.24) is 9.97 Å². The van der Waals surface area contributed by atoms with Crippen molar-refractivity contribution in [1.29, 1.82) is 0 Å². The van der Waals surface area contributed by atoms with E-state index in [9.17, 15) is 0 Å². The first-order valence-electron chi connectivity index (χ1n) is 7.57. The summed E-state index contributed by atoms with van der Waals surface area (Å²) in [6, 6.07) is 17.5. The highest BCUT2D eigenvalue weighted by atomic mass is 79.9. The molecule has 0 saturated carbocycles. The molecule has 0 saturated heterocycles. The van der Waals surface area contributed by atoms with Crippen LogP contribution >= 0.6 is 15.9 Å². The van der Waals surface area contributed by atoms with Crippen LogP contribution < -0.4 is 15.4 Å². The molecular formula is C18H17BrN4O. The molecule has 3 rings (SSSR count). The molecule has 0 fully saturated rings. The van der Waals surface area contributed by atoms with E-state index in [2.05, 4.69) is 36.5 Å². The third kappa shape index (κ3) is 4.45. The van der Waals surface area contributed by atoms with Gasteiger partial charge in [-0.15, -0.1) is 0 Å². The minimum absolute atomic E-state index is 0.657. The monoisotopic (exact) mass is 384 g/mol. The van der Waals surface area contributed by atoms with Gasteiger partial charge in [-0.05, 0) is 55.5 Å². The molecule has 0 aliphatic carbocycles. The predicted molar refractivity (Wildman–Crippen MR) is 100 cm³/mol. The molecule has 122 valence electrons. The number of hydrogen-bond acceptors (Lipinski definition) is 5. The zero-order valence-corrected chi connectivity index (χ0v) is 14.7. The normalized spacial score (nSPS) is 10.2. The molecule has 0 unspecified atom stereocenters. The van der Waals surface area contributed by atoms with Gasteiger partial charge in [0.2, 0.25) is 0 Å². The first-order chi connectivity index (χ1) is 11.7. The summed E-state index contributed by atoms with van der Waals surface area (Å²) in [7, 11) is 0. The van der Waals surface area contributed by atoms with E-state index in [-0.39, 0.29) is 0 Å². The molecule has 0 spiro atoms. The van der Waals surface area contributed by atoms with Gasteiger partial charge in [-0.25, -0.2) is 9.97 Å². The molecule has 0 aliphatic rings. The van der Waals surface area contributed by atoms with Crippen LogP contribution in [-0.4, -0.2) is 16.6 Å². The first kappa shape index (κ1) is 16.3. The Balaban J connectivity index is 1.69. The van der Waals surface area contributed by atoms with E-state index < -0.39 is 0 Å². The van der Waals surface area contributed by atoms with Gasteiger partial charge in [-0.3, -0.25) is 0 Å². The maximum Gasteiger partial charge on any atom is 0.135 e. The highest BCUT2D eigenvalue weighted by Crippen LogP contribution is 2.22. The Bertz CT molecular complexity index is 791. The lowest BCUT2D eigenvalue weighted by Gasteiger charge is -2.09. The van der Waals surface area contributed by atoms with E-state index in [0.29, 0.717) is 12.4 Å². The van der Waals surface area contributed by atoms with Crippen molar-refractivity contribution in [3.63, 3.8) is 0 Å². The number of ether oxygens (including phenoxy) is 1. The van der Waals surface area contributed by atoms with E-state index in [0.717, 1.165) is 27.4 Å². The molecule has 0 radical (unpaired) electrons. The SMILES string of the molecule is CCOc1ccc(Nc2cc(Nc3ccc(Br)cc3)ncn2)cc1. The van der Waals surface area contributed by atoms with Gasteiger partial charge in [0, 0.05) is 21.9 Å². The molecule has 1 aromatic heterocycles. The van der Waals surface area contributed by atoms with E-state index in [1.54, 1.807) is 0 Å². The number of nitrogens with zero attached hydrogens (tertiary/aromatic N) is 2. The fourth-order valence-electron chi connectivity index (χ4n) is 2.12. The Morgan fingerprint density at radius 3 is 1.96 bits per heavy atom. The molecule has 0 aliphatic heterocycles. The van der Waals surface area contributed by atoms with Crippen molar-refractivity contribution in [3.8, 4) is 5.75 Å². The van der Waals surface area contributed by atoms with Crippen LogP contribution in [0, 0.1) is 0 Å². The van der Waals surface area contributed by atoms with Crippen LogP contribution in [0.1, 0.15) is 6.92 Å². The van der Waals surface area contributed by atoms with Gasteiger partial charge in [0.15, 0.2) is 0 Å². The highest BCUT2D eigenvalue weighted by molar-refractivity contribution is 9.10. The topological polar surface area (TPSA) is 59.1 Å². The third-order valence-electron chi connectivity index (χ3n) is 3.22. The Morgan fingerprint density at radius 1 is 0.875 bits per heavy atom. The number of rotatable bonds is 6. The molecule has 6 heteroatoms. The number of aromatic nitrogens is 2. The lowest BCUT2D eigenvalue weighted by atomic mass is 10.3. The van der Waals surface area contributed by atoms with Gasteiger partial charge in [-0.2, -0.15) is 0 Å². The molecule has 2 N–H and O–H groups in total. The van der Waals surface area contributed by atoms with Gasteiger partial charge in [-0.1, -0.05) is 15.9 Å². The van der Waals surface area contributed by atoms with Crippen LogP contribution in [0.5, 0.6) is 5.75 Å². The van der Waals surface area contributed by atoms with Crippen LogP contribution in [0.3, 0.4) is 0 Å². The highest BCUT2D eigenvalue weighted by Gasteiger charge is 2.01. The maximum atomic E-state index is 5.44. The number of hydrogen-bond donors (Lipinski definition) is 2. The average Bonchev–Trinajstić information content (AvgIpc) is 2.59. The summed E-state index contributed by atoms with van der Waals surface area (Å²) in [5.74, 6) is 2.29. The lowest BCUT2D eigenvalue weighted by molar-refractivity contribution is 0.340. The summed E-state index contributed by atoms with van der Waals surface area (Å²) in [4.78, 5) is 8.49. The van der Waals surface area contributed by atoms with Gasteiger partial charge >= 0.3 is 0 Å². The van der Waals surface area contributed by atoms with Crippen molar-refractivity contribution in [2.45, 2.75) is 6.92 Å². The maximum absolute atomic E-state index is 5.44. The molecule has 1 heterocycles. The molecule has 2 aromatic carbocycles. The Hall–Kier alpha value is -2.60. The summed E-state index contributed by atoms with van der Waals surface area (Å²) in [5.41, 5.74) is 1.90. The Kier molecular flexibility index (Phi) is 5.28. The summed E-state index contributed by atoms with van der Waals surface area (Å²) in [6.07, 6.45) is 1.53. The molecule has 0 bridgehead atoms. The minimum atomic E-state index is 0.657. The standard InChI is InChI=1S/C18H17BrN4O/c1-2-24-16-9-7-15(8-10-16)23-18-11-17(20-12-21-18)22-14-5-3-13(19)4-6-14/h3-12H,2H2,1H3,(H2,20,21,22,23). The van der Waals surface area contributed by atoms with Crippen molar-refractivity contribution >= 4 is 38.9 Å². The second-order valence-corrected chi connectivity index (χ2v) is 5.92. The molecule has 24 heavy (non-hydrogen) atoms.